The summed E-state index contributed by atoms with van der Waals surface area (Å²) in [4.78, 5) is 34.9. The first kappa shape index (κ1) is 15.5. The number of fused-ring (bicyclic) bond motifs is 1. The van der Waals surface area contributed by atoms with Crippen molar-refractivity contribution in [3.63, 3.8) is 0 Å². The van der Waals surface area contributed by atoms with Crippen LogP contribution in [-0.2, 0) is 16.0 Å². The van der Waals surface area contributed by atoms with Crippen molar-refractivity contribution < 1.29 is 19.1 Å². The van der Waals surface area contributed by atoms with E-state index >= 15 is 0 Å². The van der Waals surface area contributed by atoms with Gasteiger partial charge in [-0.15, -0.1) is 0 Å². The van der Waals surface area contributed by atoms with Crippen LogP contribution in [0, 0.1) is 0 Å². The Kier molecular flexibility index (Phi) is 4.15. The topological polar surface area (TPSA) is 96.5 Å². The maximum atomic E-state index is 12.1. The molecular weight excluding hydrogens is 310 g/mol. The third kappa shape index (κ3) is 3.35. The first-order valence-electron chi connectivity index (χ1n) is 7.24. The van der Waals surface area contributed by atoms with Crippen molar-refractivity contribution in [3.05, 3.63) is 53.6 Å². The number of carbonyl (C=O) groups is 3. The Labute approximate surface area is 138 Å². The predicted molar refractivity (Wildman–Crippen MR) is 89.2 cm³/mol. The molecule has 0 spiro atoms. The Bertz CT molecular complexity index is 832. The number of esters is 1. The molecule has 0 saturated carbocycles. The quantitative estimate of drug-likeness (QED) is 0.756. The maximum Gasteiger partial charge on any atom is 0.337 e. The summed E-state index contributed by atoms with van der Waals surface area (Å²) < 4.78 is 4.64. The molecule has 0 unspecified atom stereocenters. The van der Waals surface area contributed by atoms with Crippen molar-refractivity contribution in [3.8, 4) is 0 Å². The monoisotopic (exact) mass is 325 g/mol. The number of hydrogen-bond acceptors (Lipinski definition) is 4. The van der Waals surface area contributed by atoms with Gasteiger partial charge in [-0.25, -0.2) is 9.59 Å². The zero-order valence-corrected chi connectivity index (χ0v) is 12.9. The summed E-state index contributed by atoms with van der Waals surface area (Å²) in [7, 11) is 1.29. The zero-order valence-electron chi connectivity index (χ0n) is 12.9. The molecule has 1 aliphatic rings. The lowest BCUT2D eigenvalue weighted by Crippen LogP contribution is -2.19. The van der Waals surface area contributed by atoms with E-state index < -0.39 is 12.0 Å². The molecule has 3 N–H and O–H groups in total. The minimum absolute atomic E-state index is 0.0637. The van der Waals surface area contributed by atoms with Gasteiger partial charge >= 0.3 is 12.0 Å². The van der Waals surface area contributed by atoms with Crippen LogP contribution in [0.15, 0.2) is 42.5 Å². The van der Waals surface area contributed by atoms with Crippen LogP contribution in [0.4, 0.5) is 21.9 Å². The van der Waals surface area contributed by atoms with Crippen molar-refractivity contribution in [2.45, 2.75) is 6.42 Å². The van der Waals surface area contributed by atoms with Crippen LogP contribution >= 0.6 is 0 Å². The van der Waals surface area contributed by atoms with Gasteiger partial charge in [0.1, 0.15) is 0 Å². The summed E-state index contributed by atoms with van der Waals surface area (Å²) in [5.74, 6) is -0.542. The van der Waals surface area contributed by atoms with Gasteiger partial charge < -0.3 is 20.7 Å². The molecule has 0 aliphatic carbocycles. The van der Waals surface area contributed by atoms with E-state index in [-0.39, 0.29) is 5.91 Å². The first-order chi connectivity index (χ1) is 11.5. The minimum Gasteiger partial charge on any atom is -0.465 e. The zero-order chi connectivity index (χ0) is 17.1. The number of hydrogen-bond donors (Lipinski definition) is 3. The number of nitrogens with one attached hydrogen (secondary N) is 3. The third-order valence-corrected chi connectivity index (χ3v) is 3.53. The van der Waals surface area contributed by atoms with Crippen LogP contribution in [-0.4, -0.2) is 25.0 Å². The molecule has 1 aliphatic heterocycles. The molecule has 1 heterocycles. The largest absolute Gasteiger partial charge is 0.465 e. The SMILES string of the molecule is COC(=O)c1cccc(NC(=O)Nc2ccc3c(c2)NC(=O)C3)c1. The highest BCUT2D eigenvalue weighted by Crippen LogP contribution is 2.26. The molecule has 2 aromatic rings. The number of rotatable bonds is 3. The molecule has 0 fully saturated rings. The number of carbonyl (C=O) groups excluding carboxylic acids is 3. The number of methoxy groups -OCH3 is 1. The van der Waals surface area contributed by atoms with Gasteiger partial charge in [-0.1, -0.05) is 12.1 Å². The summed E-state index contributed by atoms with van der Waals surface area (Å²) in [5, 5.41) is 8.05. The molecule has 122 valence electrons. The lowest BCUT2D eigenvalue weighted by atomic mass is 10.1. The van der Waals surface area contributed by atoms with E-state index in [1.54, 1.807) is 36.4 Å². The van der Waals surface area contributed by atoms with Crippen LogP contribution in [0.25, 0.3) is 0 Å². The fourth-order valence-corrected chi connectivity index (χ4v) is 2.43. The average Bonchev–Trinajstić information content (AvgIpc) is 2.93. The van der Waals surface area contributed by atoms with Gasteiger partial charge in [0.05, 0.1) is 19.1 Å². The summed E-state index contributed by atoms with van der Waals surface area (Å²) in [5.41, 5.74) is 2.96. The van der Waals surface area contributed by atoms with Crippen LogP contribution in [0.1, 0.15) is 15.9 Å². The van der Waals surface area contributed by atoms with Crippen molar-refractivity contribution in [2.75, 3.05) is 23.1 Å². The molecule has 0 bridgehead atoms. The highest BCUT2D eigenvalue weighted by molar-refractivity contribution is 6.03. The van der Waals surface area contributed by atoms with Crippen LogP contribution in [0.3, 0.4) is 0 Å². The lowest BCUT2D eigenvalue weighted by Gasteiger charge is -2.09. The van der Waals surface area contributed by atoms with Crippen molar-refractivity contribution in [2.24, 2.45) is 0 Å². The molecule has 0 atom stereocenters. The van der Waals surface area contributed by atoms with Crippen molar-refractivity contribution >= 4 is 35.0 Å². The molecule has 0 saturated heterocycles. The van der Waals surface area contributed by atoms with Crippen LogP contribution < -0.4 is 16.0 Å². The van der Waals surface area contributed by atoms with Crippen LogP contribution in [0.5, 0.6) is 0 Å². The van der Waals surface area contributed by atoms with Gasteiger partial charge in [-0.3, -0.25) is 4.79 Å². The fraction of sp³-hybridized carbons (Fsp3) is 0.118. The standard InChI is InChI=1S/C17H15N3O4/c1-24-16(22)11-3-2-4-12(7-11)18-17(23)19-13-6-5-10-8-15(21)20-14(10)9-13/h2-7,9H,8H2,1H3,(H,20,21)(H2,18,19,23). The summed E-state index contributed by atoms with van der Waals surface area (Å²) in [6, 6.07) is 11.2. The molecular formula is C17H15N3O4. The highest BCUT2D eigenvalue weighted by Gasteiger charge is 2.17. The predicted octanol–water partition coefficient (Wildman–Crippen LogP) is 2.61. The number of amides is 3. The molecule has 3 rings (SSSR count). The summed E-state index contributed by atoms with van der Waals surface area (Å²) in [6.45, 7) is 0. The van der Waals surface area contributed by atoms with Crippen molar-refractivity contribution in [1.82, 2.24) is 0 Å². The second-order valence-corrected chi connectivity index (χ2v) is 5.25. The van der Waals surface area contributed by atoms with E-state index in [2.05, 4.69) is 20.7 Å². The number of benzene rings is 2. The minimum atomic E-state index is -0.478. The smallest absolute Gasteiger partial charge is 0.337 e. The van der Waals surface area contributed by atoms with Gasteiger partial charge in [-0.2, -0.15) is 0 Å². The molecule has 0 aromatic heterocycles. The lowest BCUT2D eigenvalue weighted by molar-refractivity contribution is -0.115. The molecule has 3 amide bonds. The van der Waals surface area contributed by atoms with E-state index in [4.69, 9.17) is 0 Å². The Morgan fingerprint density at radius 2 is 1.83 bits per heavy atom. The number of ether oxygens (including phenoxy) is 1. The van der Waals surface area contributed by atoms with E-state index in [9.17, 15) is 14.4 Å². The molecule has 0 radical (unpaired) electrons. The average molecular weight is 325 g/mol. The Morgan fingerprint density at radius 1 is 1.08 bits per heavy atom. The number of urea groups is 1. The molecule has 24 heavy (non-hydrogen) atoms. The summed E-state index contributed by atoms with van der Waals surface area (Å²) >= 11 is 0. The van der Waals surface area contributed by atoms with Crippen LogP contribution in [0.2, 0.25) is 0 Å². The highest BCUT2D eigenvalue weighted by atomic mass is 16.5. The molecule has 7 nitrogen and oxygen atoms in total. The van der Waals surface area contributed by atoms with Gasteiger partial charge in [0.15, 0.2) is 0 Å². The Morgan fingerprint density at radius 3 is 2.58 bits per heavy atom. The van der Waals surface area contributed by atoms with Crippen molar-refractivity contribution in [1.29, 1.82) is 0 Å². The van der Waals surface area contributed by atoms with E-state index in [1.807, 2.05) is 0 Å². The van der Waals surface area contributed by atoms with Gasteiger partial charge in [0.2, 0.25) is 5.91 Å². The Balaban J connectivity index is 1.67. The second-order valence-electron chi connectivity index (χ2n) is 5.25. The van der Waals surface area contributed by atoms with E-state index in [1.165, 1.54) is 13.2 Å². The van der Waals surface area contributed by atoms with E-state index in [0.717, 1.165) is 5.56 Å². The maximum absolute atomic E-state index is 12.1. The first-order valence-corrected chi connectivity index (χ1v) is 7.24. The van der Waals surface area contributed by atoms with Gasteiger partial charge in [0.25, 0.3) is 0 Å². The van der Waals surface area contributed by atoms with Gasteiger partial charge in [-0.05, 0) is 35.9 Å². The molecule has 2 aromatic carbocycles. The second kappa shape index (κ2) is 6.41. The fourth-order valence-electron chi connectivity index (χ4n) is 2.43. The third-order valence-electron chi connectivity index (χ3n) is 3.53. The molecule has 7 heteroatoms. The van der Waals surface area contributed by atoms with Gasteiger partial charge in [0, 0.05) is 17.1 Å². The number of anilines is 3. The summed E-state index contributed by atoms with van der Waals surface area (Å²) in [6.07, 6.45) is 0.349. The van der Waals surface area contributed by atoms with E-state index in [0.29, 0.717) is 29.0 Å². The normalized spacial score (nSPS) is 12.1. The Hall–Kier alpha value is -3.35.